The quantitative estimate of drug-likeness (QED) is 0.253. The van der Waals surface area contributed by atoms with Crippen molar-refractivity contribution in [1.29, 1.82) is 0 Å². The second kappa shape index (κ2) is 7.99. The van der Waals surface area contributed by atoms with Crippen molar-refractivity contribution in [2.24, 2.45) is 0 Å². The van der Waals surface area contributed by atoms with Crippen LogP contribution in [0.4, 0.5) is 0 Å². The van der Waals surface area contributed by atoms with Crippen molar-refractivity contribution in [2.45, 2.75) is 50.3 Å². The molecule has 4 aromatic rings. The van der Waals surface area contributed by atoms with Crippen LogP contribution in [0.15, 0.2) is 16.1 Å². The summed E-state index contributed by atoms with van der Waals surface area (Å²) in [6.45, 7) is 5.81. The molecule has 0 bridgehead atoms. The molecule has 31 heavy (non-hydrogen) atoms. The summed E-state index contributed by atoms with van der Waals surface area (Å²) in [6, 6.07) is 0. The Balaban J connectivity index is 1.52. The van der Waals surface area contributed by atoms with Gasteiger partial charge in [0.1, 0.15) is 31.7 Å². The number of carbonyl (C=O) groups is 1. The smallest absolute Gasteiger partial charge is 0.348 e. The topological polar surface area (TPSA) is 97.8 Å². The van der Waals surface area contributed by atoms with E-state index < -0.39 is 5.97 Å². The van der Waals surface area contributed by atoms with E-state index in [1.54, 1.807) is 43.3 Å². The lowest BCUT2D eigenvalue weighted by molar-refractivity contribution is 0.0531. The van der Waals surface area contributed by atoms with E-state index in [4.69, 9.17) is 4.74 Å². The van der Waals surface area contributed by atoms with Crippen molar-refractivity contribution in [1.82, 2.24) is 19.9 Å². The zero-order chi connectivity index (χ0) is 21.7. The summed E-state index contributed by atoms with van der Waals surface area (Å²) < 4.78 is 5.12. The molecular weight excluding hydrogens is 452 g/mol. The minimum absolute atomic E-state index is 0.124. The van der Waals surface area contributed by atoms with Crippen LogP contribution in [0.2, 0.25) is 0 Å². The highest BCUT2D eigenvalue weighted by molar-refractivity contribution is 7.99. The molecule has 5 rings (SSSR count). The number of nitrogens with zero attached hydrogens (tertiary/aromatic N) is 3. The average Bonchev–Trinajstić information content (AvgIpc) is 3.41. The molecule has 1 aliphatic rings. The molecular formula is C21H20N4O3S3. The monoisotopic (exact) mass is 472 g/mol. The molecule has 0 saturated heterocycles. The molecule has 0 aliphatic heterocycles. The molecule has 0 saturated carbocycles. The summed E-state index contributed by atoms with van der Waals surface area (Å²) in [5, 5.41) is 2.40. The first-order valence-electron chi connectivity index (χ1n) is 10.1. The molecule has 7 nitrogen and oxygen atoms in total. The van der Waals surface area contributed by atoms with Crippen LogP contribution >= 0.6 is 34.4 Å². The van der Waals surface area contributed by atoms with Crippen LogP contribution in [0.5, 0.6) is 0 Å². The maximum atomic E-state index is 12.8. The zero-order valence-electron chi connectivity index (χ0n) is 17.3. The number of hydrogen-bond donors (Lipinski definition) is 1. The highest BCUT2D eigenvalue weighted by Gasteiger charge is 2.24. The number of thioether (sulfide) groups is 1. The van der Waals surface area contributed by atoms with Crippen LogP contribution in [0.3, 0.4) is 0 Å². The van der Waals surface area contributed by atoms with Crippen LogP contribution < -0.4 is 5.56 Å². The molecule has 4 heterocycles. The van der Waals surface area contributed by atoms with Crippen LogP contribution in [0.1, 0.15) is 57.0 Å². The summed E-state index contributed by atoms with van der Waals surface area (Å²) in [5.74, 6) is 0.152. The van der Waals surface area contributed by atoms with Gasteiger partial charge < -0.3 is 9.72 Å². The summed E-state index contributed by atoms with van der Waals surface area (Å²) in [5.41, 5.74) is 1.76. The van der Waals surface area contributed by atoms with Gasteiger partial charge in [0.05, 0.1) is 17.2 Å². The highest BCUT2D eigenvalue weighted by atomic mass is 32.2. The molecule has 0 radical (unpaired) electrons. The van der Waals surface area contributed by atoms with Crippen molar-refractivity contribution in [3.63, 3.8) is 0 Å². The van der Waals surface area contributed by atoms with Crippen LogP contribution in [0.25, 0.3) is 20.4 Å². The zero-order valence-corrected chi connectivity index (χ0v) is 19.7. The third-order valence-corrected chi connectivity index (χ3v) is 8.89. The Morgan fingerprint density at radius 3 is 2.90 bits per heavy atom. The third-order valence-electron chi connectivity index (χ3n) is 5.42. The maximum absolute atomic E-state index is 12.8. The predicted molar refractivity (Wildman–Crippen MR) is 125 cm³/mol. The van der Waals surface area contributed by atoms with Gasteiger partial charge in [-0.15, -0.1) is 22.7 Å². The second-order valence-electron chi connectivity index (χ2n) is 7.38. The Hall–Kier alpha value is -2.30. The standard InChI is InChI=1S/C21H20N4O3S3/c1-4-28-21(27)15-9(2)13-17(26)24-16(25-20(13)31-15)10(3)29-18-14-11-6-5-7-12(11)30-19(14)23-8-22-18/h8,10H,4-7H2,1-3H3,(H,24,25,26). The first-order valence-corrected chi connectivity index (χ1v) is 12.6. The lowest BCUT2D eigenvalue weighted by Gasteiger charge is -2.11. The summed E-state index contributed by atoms with van der Waals surface area (Å²) in [7, 11) is 0. The van der Waals surface area contributed by atoms with Crippen molar-refractivity contribution >= 4 is 60.8 Å². The lowest BCUT2D eigenvalue weighted by Crippen LogP contribution is -2.13. The van der Waals surface area contributed by atoms with E-state index in [0.717, 1.165) is 28.1 Å². The molecule has 1 atom stereocenters. The van der Waals surface area contributed by atoms with Gasteiger partial charge in [0.25, 0.3) is 5.56 Å². The normalized spacial score (nSPS) is 14.3. The Bertz CT molecular complexity index is 1390. The van der Waals surface area contributed by atoms with Gasteiger partial charge in [-0.25, -0.2) is 19.7 Å². The number of aromatic nitrogens is 4. The Morgan fingerprint density at radius 1 is 1.26 bits per heavy atom. The summed E-state index contributed by atoms with van der Waals surface area (Å²) in [4.78, 5) is 45.1. The average molecular weight is 473 g/mol. The number of rotatable bonds is 5. The molecule has 0 aromatic carbocycles. The largest absolute Gasteiger partial charge is 0.462 e. The first kappa shape index (κ1) is 20.6. The van der Waals surface area contributed by atoms with E-state index in [2.05, 4.69) is 19.9 Å². The third kappa shape index (κ3) is 3.46. The van der Waals surface area contributed by atoms with E-state index in [0.29, 0.717) is 26.5 Å². The number of nitrogens with one attached hydrogen (secondary N) is 1. The molecule has 1 aliphatic carbocycles. The minimum Gasteiger partial charge on any atom is -0.462 e. The fraction of sp³-hybridized carbons (Fsp3) is 0.381. The number of esters is 1. The molecule has 4 aromatic heterocycles. The first-order chi connectivity index (χ1) is 15.0. The van der Waals surface area contributed by atoms with Gasteiger partial charge in [0.2, 0.25) is 0 Å². The number of ether oxygens (including phenoxy) is 1. The SMILES string of the molecule is CCOC(=O)c1sc2nc(C(C)Sc3ncnc4sc5c(c34)CCC5)[nH]c(=O)c2c1C. The van der Waals surface area contributed by atoms with Crippen molar-refractivity contribution < 1.29 is 9.53 Å². The number of fused-ring (bicyclic) bond motifs is 4. The molecule has 1 unspecified atom stereocenters. The Kier molecular flexibility index (Phi) is 5.31. The summed E-state index contributed by atoms with van der Waals surface area (Å²) >= 11 is 4.54. The molecule has 10 heteroatoms. The van der Waals surface area contributed by atoms with Gasteiger partial charge >= 0.3 is 5.97 Å². The van der Waals surface area contributed by atoms with E-state index in [1.807, 2.05) is 6.92 Å². The van der Waals surface area contributed by atoms with E-state index in [1.165, 1.54) is 28.2 Å². The van der Waals surface area contributed by atoms with Crippen molar-refractivity contribution in [2.75, 3.05) is 6.61 Å². The van der Waals surface area contributed by atoms with Gasteiger partial charge in [0.15, 0.2) is 0 Å². The van der Waals surface area contributed by atoms with Crippen LogP contribution in [0, 0.1) is 6.92 Å². The molecule has 0 fully saturated rings. The fourth-order valence-corrected chi connectivity index (χ4v) is 7.34. The number of hydrogen-bond acceptors (Lipinski definition) is 9. The van der Waals surface area contributed by atoms with Gasteiger partial charge in [-0.2, -0.15) is 0 Å². The highest BCUT2D eigenvalue weighted by Crippen LogP contribution is 2.43. The summed E-state index contributed by atoms with van der Waals surface area (Å²) in [6.07, 6.45) is 4.97. The number of carbonyl (C=O) groups excluding carboxylic acids is 1. The number of aryl methyl sites for hydroxylation is 3. The second-order valence-corrected chi connectivity index (χ2v) is 10.8. The van der Waals surface area contributed by atoms with Gasteiger partial charge in [-0.1, -0.05) is 11.8 Å². The van der Waals surface area contributed by atoms with Gasteiger partial charge in [-0.05, 0) is 51.2 Å². The Morgan fingerprint density at radius 2 is 2.10 bits per heavy atom. The number of thiophene rings is 2. The molecule has 0 spiro atoms. The Labute approximate surface area is 190 Å². The van der Waals surface area contributed by atoms with E-state index in [-0.39, 0.29) is 17.4 Å². The minimum atomic E-state index is -0.416. The predicted octanol–water partition coefficient (Wildman–Crippen LogP) is 4.82. The maximum Gasteiger partial charge on any atom is 0.348 e. The molecule has 1 N–H and O–H groups in total. The van der Waals surface area contributed by atoms with Gasteiger partial charge in [-0.3, -0.25) is 4.79 Å². The van der Waals surface area contributed by atoms with Gasteiger partial charge in [0, 0.05) is 10.3 Å². The van der Waals surface area contributed by atoms with Crippen LogP contribution in [-0.2, 0) is 17.6 Å². The van der Waals surface area contributed by atoms with Crippen LogP contribution in [-0.4, -0.2) is 32.5 Å². The van der Waals surface area contributed by atoms with Crippen molar-refractivity contribution in [3.05, 3.63) is 43.4 Å². The number of aromatic amines is 1. The van der Waals surface area contributed by atoms with E-state index in [9.17, 15) is 9.59 Å². The fourth-order valence-electron chi connectivity index (χ4n) is 3.96. The number of H-pyrrole nitrogens is 1. The van der Waals surface area contributed by atoms with Crippen molar-refractivity contribution in [3.8, 4) is 0 Å². The molecule has 0 amide bonds. The van der Waals surface area contributed by atoms with E-state index >= 15 is 0 Å². The molecule has 160 valence electrons. The lowest BCUT2D eigenvalue weighted by atomic mass is 10.2.